The summed E-state index contributed by atoms with van der Waals surface area (Å²) in [5, 5.41) is 4.19. The third kappa shape index (κ3) is 2.86. The van der Waals surface area contributed by atoms with E-state index in [0.29, 0.717) is 11.8 Å². The summed E-state index contributed by atoms with van der Waals surface area (Å²) in [6.07, 6.45) is 8.99. The summed E-state index contributed by atoms with van der Waals surface area (Å²) in [5.74, 6) is 2.54. The molecule has 0 amide bonds. The number of likely N-dealkylation sites (tertiary alicyclic amines) is 1. The number of piperidine rings is 1. The smallest absolute Gasteiger partial charge is 0.229 e. The van der Waals surface area contributed by atoms with Gasteiger partial charge < -0.3 is 14.2 Å². The molecule has 3 heterocycles. The fourth-order valence-corrected chi connectivity index (χ4v) is 4.10. The van der Waals surface area contributed by atoms with Crippen LogP contribution < -0.4 is 0 Å². The van der Waals surface area contributed by atoms with Gasteiger partial charge in [0.05, 0.1) is 6.61 Å². The molecular formula is C16H25N3O2. The Kier molecular flexibility index (Phi) is 3.95. The molecule has 3 aliphatic rings. The van der Waals surface area contributed by atoms with Crippen molar-refractivity contribution in [3.05, 3.63) is 11.7 Å². The highest BCUT2D eigenvalue weighted by Crippen LogP contribution is 2.32. The van der Waals surface area contributed by atoms with E-state index in [1.807, 2.05) is 0 Å². The topological polar surface area (TPSA) is 51.4 Å². The first-order valence-corrected chi connectivity index (χ1v) is 8.55. The van der Waals surface area contributed by atoms with Crippen LogP contribution in [-0.2, 0) is 4.74 Å². The SMILES string of the molecule is C1CCC(N2CCC(c3nc(C4CCOC4)no3)CC2)C1. The van der Waals surface area contributed by atoms with E-state index in [0.717, 1.165) is 37.4 Å². The van der Waals surface area contributed by atoms with Gasteiger partial charge in [-0.1, -0.05) is 18.0 Å². The molecular weight excluding hydrogens is 266 g/mol. The summed E-state index contributed by atoms with van der Waals surface area (Å²) in [5.41, 5.74) is 0. The molecule has 5 heteroatoms. The highest BCUT2D eigenvalue weighted by Gasteiger charge is 2.31. The van der Waals surface area contributed by atoms with Crippen LogP contribution in [0.5, 0.6) is 0 Å². The van der Waals surface area contributed by atoms with Crippen LogP contribution in [-0.4, -0.2) is 47.4 Å². The minimum absolute atomic E-state index is 0.348. The predicted octanol–water partition coefficient (Wildman–Crippen LogP) is 2.70. The number of ether oxygens (including phenoxy) is 1. The van der Waals surface area contributed by atoms with Crippen molar-refractivity contribution in [1.82, 2.24) is 15.0 Å². The molecule has 3 fully saturated rings. The molecule has 2 saturated heterocycles. The van der Waals surface area contributed by atoms with Crippen LogP contribution in [0.15, 0.2) is 4.52 Å². The Morgan fingerprint density at radius 2 is 1.76 bits per heavy atom. The molecule has 0 aromatic carbocycles. The fourth-order valence-electron chi connectivity index (χ4n) is 4.10. The Morgan fingerprint density at radius 1 is 0.952 bits per heavy atom. The highest BCUT2D eigenvalue weighted by atomic mass is 16.5. The van der Waals surface area contributed by atoms with Crippen molar-refractivity contribution in [2.45, 2.75) is 62.8 Å². The van der Waals surface area contributed by atoms with E-state index in [2.05, 4.69) is 15.0 Å². The Morgan fingerprint density at radius 3 is 2.48 bits per heavy atom. The maximum atomic E-state index is 5.54. The molecule has 1 saturated carbocycles. The van der Waals surface area contributed by atoms with Gasteiger partial charge in [-0.15, -0.1) is 0 Å². The number of aromatic nitrogens is 2. The molecule has 1 aromatic rings. The Labute approximate surface area is 126 Å². The Bertz CT molecular complexity index is 456. The van der Waals surface area contributed by atoms with Gasteiger partial charge in [0.2, 0.25) is 5.89 Å². The average molecular weight is 291 g/mol. The van der Waals surface area contributed by atoms with Gasteiger partial charge in [-0.05, 0) is 45.2 Å². The highest BCUT2D eigenvalue weighted by molar-refractivity contribution is 5.02. The summed E-state index contributed by atoms with van der Waals surface area (Å²) in [6.45, 7) is 3.96. The molecule has 0 spiro atoms. The normalized spacial score (nSPS) is 29.4. The van der Waals surface area contributed by atoms with E-state index in [4.69, 9.17) is 9.26 Å². The van der Waals surface area contributed by atoms with Gasteiger partial charge >= 0.3 is 0 Å². The van der Waals surface area contributed by atoms with Crippen LogP contribution in [0.1, 0.15) is 68.5 Å². The fraction of sp³-hybridized carbons (Fsp3) is 0.875. The second-order valence-electron chi connectivity index (χ2n) is 6.80. The van der Waals surface area contributed by atoms with E-state index in [1.165, 1.54) is 51.6 Å². The second-order valence-corrected chi connectivity index (χ2v) is 6.80. The third-order valence-corrected chi connectivity index (χ3v) is 5.47. The second kappa shape index (κ2) is 6.05. The molecule has 1 aromatic heterocycles. The lowest BCUT2D eigenvalue weighted by Crippen LogP contribution is -2.39. The lowest BCUT2D eigenvalue weighted by atomic mass is 9.95. The zero-order chi connectivity index (χ0) is 14.1. The van der Waals surface area contributed by atoms with Gasteiger partial charge in [0.15, 0.2) is 5.82 Å². The summed E-state index contributed by atoms with van der Waals surface area (Å²) in [4.78, 5) is 7.35. The van der Waals surface area contributed by atoms with E-state index in [-0.39, 0.29) is 0 Å². The number of nitrogens with zero attached hydrogens (tertiary/aromatic N) is 3. The molecule has 1 unspecified atom stereocenters. The van der Waals surface area contributed by atoms with Gasteiger partial charge in [-0.3, -0.25) is 0 Å². The van der Waals surface area contributed by atoms with E-state index in [9.17, 15) is 0 Å². The molecule has 0 radical (unpaired) electrons. The Balaban J connectivity index is 1.35. The predicted molar refractivity (Wildman–Crippen MR) is 78.3 cm³/mol. The van der Waals surface area contributed by atoms with Crippen molar-refractivity contribution in [2.24, 2.45) is 0 Å². The van der Waals surface area contributed by atoms with Crippen molar-refractivity contribution < 1.29 is 9.26 Å². The first-order chi connectivity index (χ1) is 10.4. The molecule has 4 rings (SSSR count). The van der Waals surface area contributed by atoms with E-state index >= 15 is 0 Å². The first-order valence-electron chi connectivity index (χ1n) is 8.55. The molecule has 1 aliphatic carbocycles. The quantitative estimate of drug-likeness (QED) is 0.857. The van der Waals surface area contributed by atoms with Crippen molar-refractivity contribution >= 4 is 0 Å². The minimum atomic E-state index is 0.348. The Hall–Kier alpha value is -0.940. The van der Waals surface area contributed by atoms with Gasteiger partial charge in [0.1, 0.15) is 0 Å². The van der Waals surface area contributed by atoms with Crippen molar-refractivity contribution in [2.75, 3.05) is 26.3 Å². The maximum absolute atomic E-state index is 5.54. The monoisotopic (exact) mass is 291 g/mol. The van der Waals surface area contributed by atoms with Gasteiger partial charge in [-0.25, -0.2) is 0 Å². The lowest BCUT2D eigenvalue weighted by Gasteiger charge is -2.34. The van der Waals surface area contributed by atoms with Gasteiger partial charge in [-0.2, -0.15) is 4.98 Å². The molecule has 0 N–H and O–H groups in total. The van der Waals surface area contributed by atoms with Crippen LogP contribution >= 0.6 is 0 Å². The van der Waals surface area contributed by atoms with Crippen LogP contribution in [0.25, 0.3) is 0 Å². The zero-order valence-electron chi connectivity index (χ0n) is 12.7. The maximum Gasteiger partial charge on any atom is 0.229 e. The summed E-state index contributed by atoms with van der Waals surface area (Å²) >= 11 is 0. The summed E-state index contributed by atoms with van der Waals surface area (Å²) in [7, 11) is 0. The lowest BCUT2D eigenvalue weighted by molar-refractivity contribution is 0.144. The van der Waals surface area contributed by atoms with Crippen molar-refractivity contribution in [3.8, 4) is 0 Å². The van der Waals surface area contributed by atoms with Crippen LogP contribution in [0.2, 0.25) is 0 Å². The largest absolute Gasteiger partial charge is 0.381 e. The molecule has 21 heavy (non-hydrogen) atoms. The van der Waals surface area contributed by atoms with Crippen LogP contribution in [0, 0.1) is 0 Å². The van der Waals surface area contributed by atoms with Gasteiger partial charge in [0, 0.05) is 24.5 Å². The molecule has 0 bridgehead atoms. The average Bonchev–Trinajstić information content (AvgIpc) is 3.27. The zero-order valence-corrected chi connectivity index (χ0v) is 12.7. The number of hydrogen-bond donors (Lipinski definition) is 0. The minimum Gasteiger partial charge on any atom is -0.381 e. The first kappa shape index (κ1) is 13.7. The van der Waals surface area contributed by atoms with E-state index < -0.39 is 0 Å². The van der Waals surface area contributed by atoms with Crippen molar-refractivity contribution in [1.29, 1.82) is 0 Å². The van der Waals surface area contributed by atoms with E-state index in [1.54, 1.807) is 0 Å². The van der Waals surface area contributed by atoms with Gasteiger partial charge in [0.25, 0.3) is 0 Å². The van der Waals surface area contributed by atoms with Crippen LogP contribution in [0.3, 0.4) is 0 Å². The molecule has 1 atom stereocenters. The third-order valence-electron chi connectivity index (χ3n) is 5.47. The summed E-state index contributed by atoms with van der Waals surface area (Å²) < 4.78 is 11.0. The number of rotatable bonds is 3. The molecule has 2 aliphatic heterocycles. The molecule has 5 nitrogen and oxygen atoms in total. The van der Waals surface area contributed by atoms with Crippen LogP contribution in [0.4, 0.5) is 0 Å². The molecule has 116 valence electrons. The standard InChI is InChI=1S/C16H25N3O2/c1-2-4-14(3-1)19-8-5-12(6-9-19)16-17-15(18-21-16)13-7-10-20-11-13/h12-14H,1-11H2. The number of hydrogen-bond acceptors (Lipinski definition) is 5. The van der Waals surface area contributed by atoms with Crippen molar-refractivity contribution in [3.63, 3.8) is 0 Å². The summed E-state index contributed by atoms with van der Waals surface area (Å²) in [6, 6.07) is 0.847.